The molecule has 1 amide bonds. The van der Waals surface area contributed by atoms with Crippen LogP contribution in [0.1, 0.15) is 19.4 Å². The topological polar surface area (TPSA) is 79.8 Å². The number of benzene rings is 1. The number of ether oxygens (including phenoxy) is 2. The van der Waals surface area contributed by atoms with Gasteiger partial charge >= 0.3 is 6.09 Å². The van der Waals surface area contributed by atoms with Gasteiger partial charge in [0.25, 0.3) is 0 Å². The third-order valence-corrected chi connectivity index (χ3v) is 3.68. The van der Waals surface area contributed by atoms with Gasteiger partial charge in [-0.1, -0.05) is 19.9 Å². The number of hydrogen-bond donors (Lipinski definition) is 3. The highest BCUT2D eigenvalue weighted by molar-refractivity contribution is 9.10. The van der Waals surface area contributed by atoms with Crippen molar-refractivity contribution in [3.05, 3.63) is 28.2 Å². The highest BCUT2D eigenvalue weighted by Gasteiger charge is 2.08. The molecule has 0 radical (unpaired) electrons. The highest BCUT2D eigenvalue weighted by Crippen LogP contribution is 2.26. The Balaban J connectivity index is 2.42. The third-order valence-electron chi connectivity index (χ3n) is 3.06. The number of carbonyl (C=O) groups excluding carboxylic acids is 1. The molecule has 0 aliphatic carbocycles. The molecule has 0 fully saturated rings. The number of alkyl carbamates (subject to hydrolysis) is 1. The summed E-state index contributed by atoms with van der Waals surface area (Å²) in [6, 6.07) is 6.04. The molecule has 1 unspecified atom stereocenters. The lowest BCUT2D eigenvalue weighted by Crippen LogP contribution is -2.35. The van der Waals surface area contributed by atoms with Gasteiger partial charge in [-0.15, -0.1) is 0 Å². The van der Waals surface area contributed by atoms with Gasteiger partial charge in [-0.25, -0.2) is 4.79 Å². The summed E-state index contributed by atoms with van der Waals surface area (Å²) in [5.41, 5.74) is 1.06. The number of amides is 1. The zero-order chi connectivity index (χ0) is 17.2. The van der Waals surface area contributed by atoms with Crippen LogP contribution in [0, 0.1) is 0 Å². The van der Waals surface area contributed by atoms with Crippen molar-refractivity contribution >= 4 is 22.0 Å². The first-order valence-corrected chi connectivity index (χ1v) is 8.36. The van der Waals surface area contributed by atoms with Crippen LogP contribution in [0.4, 0.5) is 4.79 Å². The van der Waals surface area contributed by atoms with Gasteiger partial charge in [0.05, 0.1) is 11.6 Å². The molecule has 6 nitrogen and oxygen atoms in total. The van der Waals surface area contributed by atoms with Gasteiger partial charge in [0.15, 0.2) is 0 Å². The van der Waals surface area contributed by atoms with E-state index in [9.17, 15) is 9.90 Å². The number of nitrogens with one attached hydrogen (secondary N) is 2. The van der Waals surface area contributed by atoms with E-state index in [4.69, 9.17) is 4.74 Å². The summed E-state index contributed by atoms with van der Waals surface area (Å²) >= 11 is 3.46. The van der Waals surface area contributed by atoms with Crippen molar-refractivity contribution in [1.29, 1.82) is 0 Å². The Morgan fingerprint density at radius 2 is 2.13 bits per heavy atom. The van der Waals surface area contributed by atoms with Crippen molar-refractivity contribution in [3.63, 3.8) is 0 Å². The summed E-state index contributed by atoms with van der Waals surface area (Å²) in [6.07, 6.45) is -0.309. The maximum Gasteiger partial charge on any atom is 0.406 e. The second-order valence-electron chi connectivity index (χ2n) is 5.46. The molecule has 0 spiro atoms. The molecule has 1 aromatic rings. The van der Waals surface area contributed by atoms with Crippen LogP contribution in [0.2, 0.25) is 0 Å². The van der Waals surface area contributed by atoms with Crippen molar-refractivity contribution < 1.29 is 19.4 Å². The SMILES string of the molecule is COC(=O)NCCc1ccc(OCC(O)CNC(C)C)c(Br)c1. The van der Waals surface area contributed by atoms with E-state index in [1.807, 2.05) is 32.0 Å². The molecular weight excluding hydrogens is 364 g/mol. The first kappa shape index (κ1) is 19.7. The number of hydrogen-bond acceptors (Lipinski definition) is 5. The zero-order valence-corrected chi connectivity index (χ0v) is 15.4. The number of halogens is 1. The normalized spacial score (nSPS) is 12.1. The Labute approximate surface area is 145 Å². The van der Waals surface area contributed by atoms with Gasteiger partial charge < -0.3 is 25.2 Å². The van der Waals surface area contributed by atoms with Gasteiger partial charge in [-0.2, -0.15) is 0 Å². The summed E-state index contributed by atoms with van der Waals surface area (Å²) in [5, 5.41) is 15.6. The summed E-state index contributed by atoms with van der Waals surface area (Å²) in [7, 11) is 1.34. The fourth-order valence-corrected chi connectivity index (χ4v) is 2.36. The van der Waals surface area contributed by atoms with E-state index in [1.54, 1.807) is 0 Å². The van der Waals surface area contributed by atoms with Gasteiger partial charge in [0.1, 0.15) is 18.5 Å². The van der Waals surface area contributed by atoms with Crippen molar-refractivity contribution in [3.8, 4) is 5.75 Å². The minimum absolute atomic E-state index is 0.224. The average molecular weight is 389 g/mol. The van der Waals surface area contributed by atoms with Crippen LogP contribution < -0.4 is 15.4 Å². The van der Waals surface area contributed by atoms with Gasteiger partial charge in [0.2, 0.25) is 0 Å². The molecule has 0 bridgehead atoms. The largest absolute Gasteiger partial charge is 0.490 e. The molecule has 0 aliphatic heterocycles. The average Bonchev–Trinajstić information content (AvgIpc) is 2.51. The predicted molar refractivity (Wildman–Crippen MR) is 92.9 cm³/mol. The monoisotopic (exact) mass is 388 g/mol. The van der Waals surface area contributed by atoms with E-state index in [1.165, 1.54) is 7.11 Å². The minimum atomic E-state index is -0.562. The highest BCUT2D eigenvalue weighted by atomic mass is 79.9. The van der Waals surface area contributed by atoms with E-state index in [-0.39, 0.29) is 6.61 Å². The molecule has 0 aromatic heterocycles. The molecule has 1 rings (SSSR count). The number of carbonyl (C=O) groups is 1. The first-order chi connectivity index (χ1) is 10.9. The Hall–Kier alpha value is -1.31. The molecule has 1 aromatic carbocycles. The van der Waals surface area contributed by atoms with Crippen molar-refractivity contribution in [2.24, 2.45) is 0 Å². The molecule has 7 heteroatoms. The van der Waals surface area contributed by atoms with Gasteiger partial charge in [-0.05, 0) is 40.0 Å². The van der Waals surface area contributed by atoms with Crippen LogP contribution in [0.5, 0.6) is 5.75 Å². The maximum atomic E-state index is 11.0. The molecule has 23 heavy (non-hydrogen) atoms. The van der Waals surface area contributed by atoms with Crippen LogP contribution in [-0.2, 0) is 11.2 Å². The molecule has 0 saturated heterocycles. The number of rotatable bonds is 9. The van der Waals surface area contributed by atoms with Crippen molar-refractivity contribution in [2.75, 3.05) is 26.8 Å². The van der Waals surface area contributed by atoms with Crippen LogP contribution in [-0.4, -0.2) is 50.2 Å². The summed E-state index contributed by atoms with van der Waals surface area (Å²) < 4.78 is 10.9. The Morgan fingerprint density at radius 1 is 1.39 bits per heavy atom. The summed E-state index contributed by atoms with van der Waals surface area (Å²) in [4.78, 5) is 11.0. The summed E-state index contributed by atoms with van der Waals surface area (Å²) in [6.45, 7) is 5.27. The molecule has 0 aliphatic rings. The third kappa shape index (κ3) is 8.20. The van der Waals surface area contributed by atoms with E-state index < -0.39 is 12.2 Å². The Kier molecular flexibility index (Phi) is 8.98. The second kappa shape index (κ2) is 10.5. The molecule has 0 saturated carbocycles. The van der Waals surface area contributed by atoms with Crippen LogP contribution in [0.25, 0.3) is 0 Å². The van der Waals surface area contributed by atoms with E-state index >= 15 is 0 Å². The number of aliphatic hydroxyl groups excluding tert-OH is 1. The lowest BCUT2D eigenvalue weighted by atomic mass is 10.1. The minimum Gasteiger partial charge on any atom is -0.490 e. The van der Waals surface area contributed by atoms with E-state index in [0.717, 1.165) is 10.0 Å². The quantitative estimate of drug-likeness (QED) is 0.603. The van der Waals surface area contributed by atoms with E-state index in [2.05, 4.69) is 31.3 Å². The standard InChI is InChI=1S/C16H25BrN2O4/c1-11(2)19-9-13(20)10-23-15-5-4-12(8-14(15)17)6-7-18-16(21)22-3/h4-5,8,11,13,19-20H,6-7,9-10H2,1-3H3,(H,18,21). The van der Waals surface area contributed by atoms with Crippen LogP contribution >= 0.6 is 15.9 Å². The zero-order valence-electron chi connectivity index (χ0n) is 13.8. The summed E-state index contributed by atoms with van der Waals surface area (Å²) in [5.74, 6) is 0.679. The molecule has 3 N–H and O–H groups in total. The fraction of sp³-hybridized carbons (Fsp3) is 0.562. The first-order valence-electron chi connectivity index (χ1n) is 7.57. The maximum absolute atomic E-state index is 11.0. The predicted octanol–water partition coefficient (Wildman–Crippen LogP) is 2.09. The number of methoxy groups -OCH3 is 1. The lowest BCUT2D eigenvalue weighted by Gasteiger charge is -2.16. The molecule has 0 heterocycles. The second-order valence-corrected chi connectivity index (χ2v) is 6.32. The van der Waals surface area contributed by atoms with Gasteiger partial charge in [-0.3, -0.25) is 0 Å². The Morgan fingerprint density at radius 3 is 2.74 bits per heavy atom. The number of aliphatic hydroxyl groups is 1. The van der Waals surface area contributed by atoms with Crippen LogP contribution in [0.3, 0.4) is 0 Å². The Bertz CT molecular complexity index is 497. The van der Waals surface area contributed by atoms with E-state index in [0.29, 0.717) is 31.3 Å². The van der Waals surface area contributed by atoms with Crippen molar-refractivity contribution in [1.82, 2.24) is 10.6 Å². The smallest absolute Gasteiger partial charge is 0.406 e. The molecule has 1 atom stereocenters. The van der Waals surface area contributed by atoms with Crippen LogP contribution in [0.15, 0.2) is 22.7 Å². The molecule has 130 valence electrons. The van der Waals surface area contributed by atoms with Gasteiger partial charge in [0, 0.05) is 19.1 Å². The lowest BCUT2D eigenvalue weighted by molar-refractivity contribution is 0.104. The van der Waals surface area contributed by atoms with Crippen molar-refractivity contribution in [2.45, 2.75) is 32.4 Å². The fourth-order valence-electron chi connectivity index (χ4n) is 1.81. The molecular formula is C16H25BrN2O4.